The highest BCUT2D eigenvalue weighted by atomic mass is 32.2. The number of ether oxygens (including phenoxy) is 2. The molecule has 0 unspecified atom stereocenters. The summed E-state index contributed by atoms with van der Waals surface area (Å²) in [5.41, 5.74) is 12.5. The lowest BCUT2D eigenvalue weighted by Gasteiger charge is -2.25. The SMILES string of the molecule is Nc1cc(N)nc(SCC(=O)N2CCC[C@@H]2c2ccc3c(c2)OCCCO3)n1. The van der Waals surface area contributed by atoms with Gasteiger partial charge in [-0.1, -0.05) is 17.8 Å². The Morgan fingerprint density at radius 3 is 2.64 bits per heavy atom. The molecule has 1 amide bonds. The molecule has 0 radical (unpaired) electrons. The van der Waals surface area contributed by atoms with Crippen LogP contribution in [0.2, 0.25) is 0 Å². The van der Waals surface area contributed by atoms with Gasteiger partial charge in [-0.25, -0.2) is 9.97 Å². The quantitative estimate of drug-likeness (QED) is 0.592. The molecular weight excluding hydrogens is 378 g/mol. The number of carbonyl (C=O) groups is 1. The van der Waals surface area contributed by atoms with Crippen LogP contribution in [0.4, 0.5) is 11.6 Å². The topological polar surface area (TPSA) is 117 Å². The average Bonchev–Trinajstić information content (AvgIpc) is 3.04. The number of hydrogen-bond donors (Lipinski definition) is 2. The molecule has 1 saturated heterocycles. The van der Waals surface area contributed by atoms with Crippen LogP contribution in [0, 0.1) is 0 Å². The number of aromatic nitrogens is 2. The molecule has 0 aliphatic carbocycles. The molecule has 9 heteroatoms. The zero-order valence-electron chi connectivity index (χ0n) is 15.5. The summed E-state index contributed by atoms with van der Waals surface area (Å²) in [6.07, 6.45) is 2.76. The highest BCUT2D eigenvalue weighted by Gasteiger charge is 2.30. The van der Waals surface area contributed by atoms with E-state index in [1.54, 1.807) is 0 Å². The van der Waals surface area contributed by atoms with E-state index in [0.717, 1.165) is 42.9 Å². The number of fused-ring (bicyclic) bond motifs is 1. The number of benzene rings is 1. The first-order valence-corrected chi connectivity index (χ1v) is 10.3. The summed E-state index contributed by atoms with van der Waals surface area (Å²) < 4.78 is 11.5. The zero-order valence-corrected chi connectivity index (χ0v) is 16.3. The maximum absolute atomic E-state index is 12.8. The van der Waals surface area contributed by atoms with Crippen molar-refractivity contribution in [3.05, 3.63) is 29.8 Å². The molecule has 2 aliphatic rings. The molecule has 4 rings (SSSR count). The third-order valence-electron chi connectivity index (χ3n) is 4.80. The minimum absolute atomic E-state index is 0.0390. The third kappa shape index (κ3) is 4.09. The first-order valence-electron chi connectivity index (χ1n) is 9.32. The summed E-state index contributed by atoms with van der Waals surface area (Å²) in [6.45, 7) is 2.04. The lowest BCUT2D eigenvalue weighted by molar-refractivity contribution is -0.129. The summed E-state index contributed by atoms with van der Waals surface area (Å²) in [4.78, 5) is 23.0. The van der Waals surface area contributed by atoms with Gasteiger partial charge in [-0.15, -0.1) is 0 Å². The number of thioether (sulfide) groups is 1. The summed E-state index contributed by atoms with van der Waals surface area (Å²) in [7, 11) is 0. The van der Waals surface area contributed by atoms with Gasteiger partial charge in [0.15, 0.2) is 16.7 Å². The minimum atomic E-state index is 0.0390. The number of carbonyl (C=O) groups excluding carboxylic acids is 1. The fraction of sp³-hybridized carbons (Fsp3) is 0.421. The van der Waals surface area contributed by atoms with Crippen molar-refractivity contribution >= 4 is 29.3 Å². The molecule has 2 aromatic rings. The molecule has 3 heterocycles. The number of nitrogens with zero attached hydrogens (tertiary/aromatic N) is 3. The largest absolute Gasteiger partial charge is 0.490 e. The van der Waals surface area contributed by atoms with Crippen LogP contribution in [0.15, 0.2) is 29.4 Å². The number of hydrogen-bond acceptors (Lipinski definition) is 8. The molecule has 1 aromatic heterocycles. The Bertz CT molecular complexity index is 858. The Labute approximate surface area is 167 Å². The van der Waals surface area contributed by atoms with Crippen LogP contribution < -0.4 is 20.9 Å². The number of nitrogens with two attached hydrogens (primary N) is 2. The second kappa shape index (κ2) is 8.14. The first kappa shape index (κ1) is 18.7. The predicted octanol–water partition coefficient (Wildman–Crippen LogP) is 2.26. The van der Waals surface area contributed by atoms with E-state index in [0.29, 0.717) is 30.0 Å². The van der Waals surface area contributed by atoms with E-state index < -0.39 is 0 Å². The second-order valence-electron chi connectivity index (χ2n) is 6.79. The molecule has 2 aliphatic heterocycles. The summed E-state index contributed by atoms with van der Waals surface area (Å²) in [6, 6.07) is 7.50. The average molecular weight is 401 g/mol. The normalized spacial score (nSPS) is 18.7. The monoisotopic (exact) mass is 401 g/mol. The molecule has 148 valence electrons. The Balaban J connectivity index is 1.45. The molecule has 0 saturated carbocycles. The van der Waals surface area contributed by atoms with Crippen molar-refractivity contribution in [1.29, 1.82) is 0 Å². The van der Waals surface area contributed by atoms with Crippen molar-refractivity contribution in [3.8, 4) is 11.5 Å². The van der Waals surface area contributed by atoms with E-state index in [1.165, 1.54) is 17.8 Å². The van der Waals surface area contributed by atoms with Gasteiger partial charge in [0, 0.05) is 19.0 Å². The number of likely N-dealkylation sites (tertiary alicyclic amines) is 1. The lowest BCUT2D eigenvalue weighted by atomic mass is 10.0. The molecule has 28 heavy (non-hydrogen) atoms. The fourth-order valence-corrected chi connectivity index (χ4v) is 4.29. The van der Waals surface area contributed by atoms with E-state index in [-0.39, 0.29) is 17.7 Å². The van der Waals surface area contributed by atoms with Crippen LogP contribution in [0.5, 0.6) is 11.5 Å². The molecule has 1 fully saturated rings. The second-order valence-corrected chi connectivity index (χ2v) is 7.73. The Kier molecular flexibility index (Phi) is 5.43. The third-order valence-corrected chi connectivity index (χ3v) is 5.63. The Morgan fingerprint density at radius 2 is 1.86 bits per heavy atom. The van der Waals surface area contributed by atoms with Crippen molar-refractivity contribution in [2.75, 3.05) is 37.0 Å². The van der Waals surface area contributed by atoms with E-state index >= 15 is 0 Å². The standard InChI is InChI=1S/C19H23N5O3S/c20-16-10-17(21)23-19(22-16)28-11-18(25)24-6-1-3-13(24)12-4-5-14-15(9-12)27-8-2-7-26-14/h4-5,9-10,13H,1-3,6-8,11H2,(H4,20,21,22,23)/t13-/m1/s1. The van der Waals surface area contributed by atoms with E-state index in [9.17, 15) is 4.79 Å². The zero-order chi connectivity index (χ0) is 19.5. The highest BCUT2D eigenvalue weighted by Crippen LogP contribution is 2.38. The van der Waals surface area contributed by atoms with Crippen molar-refractivity contribution in [3.63, 3.8) is 0 Å². The van der Waals surface area contributed by atoms with Gasteiger partial charge < -0.3 is 25.8 Å². The van der Waals surface area contributed by atoms with E-state index in [4.69, 9.17) is 20.9 Å². The van der Waals surface area contributed by atoms with Crippen LogP contribution in [-0.2, 0) is 4.79 Å². The Hall–Kier alpha value is -2.68. The van der Waals surface area contributed by atoms with Gasteiger partial charge in [0.25, 0.3) is 0 Å². The predicted molar refractivity (Wildman–Crippen MR) is 107 cm³/mol. The smallest absolute Gasteiger partial charge is 0.233 e. The molecule has 0 spiro atoms. The van der Waals surface area contributed by atoms with Crippen LogP contribution >= 0.6 is 11.8 Å². The van der Waals surface area contributed by atoms with Crippen molar-refractivity contribution < 1.29 is 14.3 Å². The number of anilines is 2. The molecule has 0 bridgehead atoms. The molecular formula is C19H23N5O3S. The molecule has 4 N–H and O–H groups in total. The van der Waals surface area contributed by atoms with Crippen LogP contribution in [0.1, 0.15) is 30.9 Å². The summed E-state index contributed by atoms with van der Waals surface area (Å²) >= 11 is 1.25. The number of nitrogen functional groups attached to an aromatic ring is 2. The van der Waals surface area contributed by atoms with E-state index in [2.05, 4.69) is 9.97 Å². The van der Waals surface area contributed by atoms with Gasteiger partial charge in [-0.2, -0.15) is 0 Å². The van der Waals surface area contributed by atoms with Gasteiger partial charge >= 0.3 is 0 Å². The van der Waals surface area contributed by atoms with Gasteiger partial charge in [-0.05, 0) is 30.5 Å². The van der Waals surface area contributed by atoms with Crippen molar-refractivity contribution in [1.82, 2.24) is 14.9 Å². The highest BCUT2D eigenvalue weighted by molar-refractivity contribution is 7.99. The van der Waals surface area contributed by atoms with Crippen molar-refractivity contribution in [2.45, 2.75) is 30.5 Å². The van der Waals surface area contributed by atoms with Gasteiger partial charge in [-0.3, -0.25) is 4.79 Å². The van der Waals surface area contributed by atoms with Gasteiger partial charge in [0.05, 0.1) is 25.0 Å². The van der Waals surface area contributed by atoms with Crippen LogP contribution in [-0.4, -0.2) is 46.3 Å². The maximum Gasteiger partial charge on any atom is 0.233 e. The Morgan fingerprint density at radius 1 is 1.11 bits per heavy atom. The maximum atomic E-state index is 12.8. The molecule has 1 atom stereocenters. The van der Waals surface area contributed by atoms with Crippen molar-refractivity contribution in [2.24, 2.45) is 0 Å². The summed E-state index contributed by atoms with van der Waals surface area (Å²) in [5, 5.41) is 0.414. The van der Waals surface area contributed by atoms with Gasteiger partial charge in [0.1, 0.15) is 11.6 Å². The molecule has 8 nitrogen and oxygen atoms in total. The van der Waals surface area contributed by atoms with Gasteiger partial charge in [0.2, 0.25) is 5.91 Å². The minimum Gasteiger partial charge on any atom is -0.490 e. The number of amides is 1. The van der Waals surface area contributed by atoms with E-state index in [1.807, 2.05) is 23.1 Å². The summed E-state index contributed by atoms with van der Waals surface area (Å²) in [5.74, 6) is 2.41. The van der Waals surface area contributed by atoms with Crippen LogP contribution in [0.25, 0.3) is 0 Å². The van der Waals surface area contributed by atoms with Crippen LogP contribution in [0.3, 0.4) is 0 Å². The lowest BCUT2D eigenvalue weighted by Crippen LogP contribution is -2.32. The molecule has 1 aromatic carbocycles. The number of rotatable bonds is 4. The first-order chi connectivity index (χ1) is 13.6. The fourth-order valence-electron chi connectivity index (χ4n) is 3.53.